The molecule has 1 saturated carbocycles. The zero-order valence-electron chi connectivity index (χ0n) is 18.7. The maximum Gasteiger partial charge on any atom is 0.263 e. The van der Waals surface area contributed by atoms with Crippen LogP contribution < -0.4 is 10.3 Å². The minimum atomic E-state index is -0.170. The van der Waals surface area contributed by atoms with Gasteiger partial charge in [0.1, 0.15) is 17.1 Å². The lowest BCUT2D eigenvalue weighted by atomic mass is 10.0. The lowest BCUT2D eigenvalue weighted by Crippen LogP contribution is -2.37. The van der Waals surface area contributed by atoms with E-state index in [0.717, 1.165) is 40.2 Å². The normalized spacial score (nSPS) is 13.3. The van der Waals surface area contributed by atoms with Crippen molar-refractivity contribution in [3.05, 3.63) is 81.7 Å². The summed E-state index contributed by atoms with van der Waals surface area (Å²) in [7, 11) is 1.63. The van der Waals surface area contributed by atoms with Gasteiger partial charge in [-0.05, 0) is 43.0 Å². The standard InChI is InChI=1S/C26H25N3O3S/c1-17-23(19-6-4-3-5-7-19)24-25(33-17)27-16-28(26(24)31)15-22(30)29(20-10-11-20)14-18-8-12-21(32-2)13-9-18/h3-9,12-13,16,20H,10-11,14-15H2,1-2H3. The minimum Gasteiger partial charge on any atom is -0.497 e. The Morgan fingerprint density at radius 3 is 2.55 bits per heavy atom. The van der Waals surface area contributed by atoms with E-state index in [1.807, 2.05) is 66.4 Å². The zero-order valence-corrected chi connectivity index (χ0v) is 19.5. The van der Waals surface area contributed by atoms with Crippen LogP contribution in [0.25, 0.3) is 21.3 Å². The summed E-state index contributed by atoms with van der Waals surface area (Å²) in [5.74, 6) is 0.721. The Balaban J connectivity index is 1.44. The highest BCUT2D eigenvalue weighted by atomic mass is 32.1. The van der Waals surface area contributed by atoms with Gasteiger partial charge in [-0.15, -0.1) is 11.3 Å². The van der Waals surface area contributed by atoms with E-state index in [0.29, 0.717) is 16.8 Å². The van der Waals surface area contributed by atoms with Crippen LogP contribution in [-0.2, 0) is 17.9 Å². The third-order valence-electron chi connectivity index (χ3n) is 6.04. The third kappa shape index (κ3) is 4.28. The number of carbonyl (C=O) groups is 1. The summed E-state index contributed by atoms with van der Waals surface area (Å²) in [5.41, 5.74) is 2.77. The van der Waals surface area contributed by atoms with Crippen molar-refractivity contribution in [1.29, 1.82) is 0 Å². The molecular weight excluding hydrogens is 434 g/mol. The van der Waals surface area contributed by atoms with Crippen LogP contribution in [0, 0.1) is 6.92 Å². The van der Waals surface area contributed by atoms with Gasteiger partial charge in [-0.1, -0.05) is 42.5 Å². The van der Waals surface area contributed by atoms with Crippen molar-refractivity contribution < 1.29 is 9.53 Å². The first-order valence-corrected chi connectivity index (χ1v) is 11.8. The molecule has 4 aromatic rings. The van der Waals surface area contributed by atoms with Crippen LogP contribution in [0.5, 0.6) is 5.75 Å². The molecule has 2 aromatic carbocycles. The van der Waals surface area contributed by atoms with Crippen molar-refractivity contribution in [1.82, 2.24) is 14.5 Å². The van der Waals surface area contributed by atoms with Gasteiger partial charge < -0.3 is 9.64 Å². The average Bonchev–Trinajstić information content (AvgIpc) is 3.62. The lowest BCUT2D eigenvalue weighted by Gasteiger charge is -2.23. The Hall–Kier alpha value is -3.45. The second-order valence-corrected chi connectivity index (χ2v) is 9.56. The molecule has 0 radical (unpaired) electrons. The largest absolute Gasteiger partial charge is 0.497 e. The summed E-state index contributed by atoms with van der Waals surface area (Å²) in [6.45, 7) is 2.51. The Labute approximate surface area is 196 Å². The number of fused-ring (bicyclic) bond motifs is 1. The van der Waals surface area contributed by atoms with Crippen LogP contribution in [-0.4, -0.2) is 33.5 Å². The van der Waals surface area contributed by atoms with Crippen LogP contribution in [0.3, 0.4) is 0 Å². The summed E-state index contributed by atoms with van der Waals surface area (Å²) in [6, 6.07) is 17.9. The molecule has 168 valence electrons. The highest BCUT2D eigenvalue weighted by molar-refractivity contribution is 7.19. The predicted octanol–water partition coefficient (Wildman–Crippen LogP) is 4.63. The van der Waals surface area contributed by atoms with Gasteiger partial charge in [-0.3, -0.25) is 14.2 Å². The topological polar surface area (TPSA) is 64.4 Å². The van der Waals surface area contributed by atoms with Crippen molar-refractivity contribution in [2.75, 3.05) is 7.11 Å². The number of methoxy groups -OCH3 is 1. The number of ether oxygens (including phenoxy) is 1. The molecule has 33 heavy (non-hydrogen) atoms. The van der Waals surface area contributed by atoms with E-state index in [1.165, 1.54) is 22.2 Å². The van der Waals surface area contributed by atoms with Crippen molar-refractivity contribution in [2.45, 2.75) is 38.9 Å². The second kappa shape index (κ2) is 8.83. The van der Waals surface area contributed by atoms with E-state index in [9.17, 15) is 9.59 Å². The Morgan fingerprint density at radius 2 is 1.88 bits per heavy atom. The van der Waals surface area contributed by atoms with Crippen LogP contribution in [0.2, 0.25) is 0 Å². The molecule has 0 bridgehead atoms. The number of amides is 1. The first kappa shape index (κ1) is 21.4. The highest BCUT2D eigenvalue weighted by Crippen LogP contribution is 2.35. The van der Waals surface area contributed by atoms with Crippen LogP contribution in [0.1, 0.15) is 23.3 Å². The fraction of sp³-hybridized carbons (Fsp3) is 0.269. The van der Waals surface area contributed by atoms with Crippen LogP contribution in [0.15, 0.2) is 65.7 Å². The van der Waals surface area contributed by atoms with Gasteiger partial charge in [0.25, 0.3) is 5.56 Å². The van der Waals surface area contributed by atoms with Gasteiger partial charge in [-0.25, -0.2) is 4.98 Å². The first-order valence-electron chi connectivity index (χ1n) is 11.0. The predicted molar refractivity (Wildman–Crippen MR) is 131 cm³/mol. The summed E-state index contributed by atoms with van der Waals surface area (Å²) in [5, 5.41) is 0.590. The molecule has 1 fully saturated rings. The number of benzene rings is 2. The molecule has 6 nitrogen and oxygen atoms in total. The zero-order chi connectivity index (χ0) is 22.9. The summed E-state index contributed by atoms with van der Waals surface area (Å²) < 4.78 is 6.68. The van der Waals surface area contributed by atoms with E-state index >= 15 is 0 Å². The average molecular weight is 460 g/mol. The number of hydrogen-bond donors (Lipinski definition) is 0. The summed E-state index contributed by atoms with van der Waals surface area (Å²) in [6.07, 6.45) is 3.50. The van der Waals surface area contributed by atoms with Crippen molar-refractivity contribution in [3.63, 3.8) is 0 Å². The number of aryl methyl sites for hydroxylation is 1. The number of nitrogens with zero attached hydrogens (tertiary/aromatic N) is 3. The number of carbonyl (C=O) groups excluding carboxylic acids is 1. The number of aromatic nitrogens is 2. The Kier molecular flexibility index (Phi) is 5.72. The maximum atomic E-state index is 13.5. The van der Waals surface area contributed by atoms with Crippen molar-refractivity contribution in [3.8, 4) is 16.9 Å². The Morgan fingerprint density at radius 1 is 1.15 bits per heavy atom. The molecule has 1 aliphatic carbocycles. The summed E-state index contributed by atoms with van der Waals surface area (Å²) in [4.78, 5) is 34.9. The molecular formula is C26H25N3O3S. The number of rotatable bonds is 7. The van der Waals surface area contributed by atoms with Gasteiger partial charge in [0.15, 0.2) is 0 Å². The smallest absolute Gasteiger partial charge is 0.263 e. The van der Waals surface area contributed by atoms with Crippen LogP contribution in [0.4, 0.5) is 0 Å². The van der Waals surface area contributed by atoms with Gasteiger partial charge in [0.2, 0.25) is 5.91 Å². The minimum absolute atomic E-state index is 0.0163. The first-order chi connectivity index (χ1) is 16.0. The molecule has 1 aliphatic rings. The molecule has 2 aromatic heterocycles. The Bertz CT molecular complexity index is 1360. The molecule has 2 heterocycles. The quantitative estimate of drug-likeness (QED) is 0.404. The maximum absolute atomic E-state index is 13.5. The second-order valence-electron chi connectivity index (χ2n) is 8.36. The number of hydrogen-bond acceptors (Lipinski definition) is 5. The monoisotopic (exact) mass is 459 g/mol. The summed E-state index contributed by atoms with van der Waals surface area (Å²) >= 11 is 1.51. The molecule has 0 atom stereocenters. The molecule has 0 aliphatic heterocycles. The molecule has 7 heteroatoms. The van der Waals surface area contributed by atoms with E-state index < -0.39 is 0 Å². The van der Waals surface area contributed by atoms with Gasteiger partial charge in [-0.2, -0.15) is 0 Å². The van der Waals surface area contributed by atoms with E-state index in [1.54, 1.807) is 7.11 Å². The lowest BCUT2D eigenvalue weighted by molar-refractivity contribution is -0.133. The van der Waals surface area contributed by atoms with E-state index in [4.69, 9.17) is 4.74 Å². The number of thiophene rings is 1. The SMILES string of the molecule is COc1ccc(CN(C(=O)Cn2cnc3sc(C)c(-c4ccccc4)c3c2=O)C2CC2)cc1. The fourth-order valence-electron chi connectivity index (χ4n) is 4.17. The van der Waals surface area contributed by atoms with Gasteiger partial charge >= 0.3 is 0 Å². The molecule has 0 N–H and O–H groups in total. The molecule has 0 spiro atoms. The van der Waals surface area contributed by atoms with Crippen molar-refractivity contribution >= 4 is 27.5 Å². The fourth-order valence-corrected chi connectivity index (χ4v) is 5.18. The molecule has 0 unspecified atom stereocenters. The van der Waals surface area contributed by atoms with E-state index in [-0.39, 0.29) is 24.1 Å². The molecule has 0 saturated heterocycles. The third-order valence-corrected chi connectivity index (χ3v) is 7.06. The molecule has 5 rings (SSSR count). The van der Waals surface area contributed by atoms with Gasteiger partial charge in [0, 0.05) is 23.0 Å². The molecule has 1 amide bonds. The van der Waals surface area contributed by atoms with Crippen molar-refractivity contribution in [2.24, 2.45) is 0 Å². The van der Waals surface area contributed by atoms with Crippen LogP contribution >= 0.6 is 11.3 Å². The van der Waals surface area contributed by atoms with E-state index in [2.05, 4.69) is 4.98 Å². The highest BCUT2D eigenvalue weighted by Gasteiger charge is 2.32. The van der Waals surface area contributed by atoms with Gasteiger partial charge in [0.05, 0.1) is 18.8 Å².